The van der Waals surface area contributed by atoms with Crippen molar-refractivity contribution < 1.29 is 9.90 Å². The van der Waals surface area contributed by atoms with Crippen LogP contribution in [0.1, 0.15) is 10.4 Å². The molecule has 3 N–H and O–H groups in total. The van der Waals surface area contributed by atoms with Gasteiger partial charge in [-0.2, -0.15) is 0 Å². The first-order chi connectivity index (χ1) is 7.18. The topological polar surface area (TPSA) is 68.2 Å². The van der Waals surface area contributed by atoms with Crippen LogP contribution < -0.4 is 5.73 Å². The number of carboxylic acid groups (broad SMARTS) is 1. The highest BCUT2D eigenvalue weighted by Crippen LogP contribution is 2.18. The van der Waals surface area contributed by atoms with Crippen molar-refractivity contribution in [2.24, 2.45) is 0 Å². The van der Waals surface area contributed by atoms with Gasteiger partial charge in [0.05, 0.1) is 11.3 Å². The average Bonchev–Trinajstić information content (AvgIpc) is 2.69. The van der Waals surface area contributed by atoms with Crippen molar-refractivity contribution in [2.75, 3.05) is 5.73 Å². The van der Waals surface area contributed by atoms with Gasteiger partial charge in [0.15, 0.2) is 0 Å². The molecule has 0 unspecified atom stereocenters. The summed E-state index contributed by atoms with van der Waals surface area (Å²) in [4.78, 5) is 11.0. The van der Waals surface area contributed by atoms with E-state index in [0.717, 1.165) is 0 Å². The Balaban J connectivity index is 2.63. The summed E-state index contributed by atoms with van der Waals surface area (Å²) in [6, 6.07) is 8.39. The molecule has 76 valence electrons. The van der Waals surface area contributed by atoms with Crippen molar-refractivity contribution >= 4 is 11.7 Å². The Bertz CT molecular complexity index is 489. The van der Waals surface area contributed by atoms with E-state index in [9.17, 15) is 4.79 Å². The van der Waals surface area contributed by atoms with Crippen molar-refractivity contribution in [3.8, 4) is 5.69 Å². The van der Waals surface area contributed by atoms with Crippen LogP contribution in [0.25, 0.3) is 5.69 Å². The predicted octanol–water partition coefficient (Wildman–Crippen LogP) is 1.76. The van der Waals surface area contributed by atoms with Crippen LogP contribution in [0, 0.1) is 0 Å². The van der Waals surface area contributed by atoms with Gasteiger partial charge in [-0.3, -0.25) is 0 Å². The SMILES string of the molecule is Nc1ccc(C(=O)O)c(-n2cccc2)c1. The molecule has 0 saturated carbocycles. The summed E-state index contributed by atoms with van der Waals surface area (Å²) >= 11 is 0. The maximum atomic E-state index is 11.0. The van der Waals surface area contributed by atoms with E-state index < -0.39 is 5.97 Å². The van der Waals surface area contributed by atoms with E-state index in [1.54, 1.807) is 29.1 Å². The van der Waals surface area contributed by atoms with Crippen molar-refractivity contribution in [3.05, 3.63) is 48.3 Å². The van der Waals surface area contributed by atoms with Crippen LogP contribution in [0.3, 0.4) is 0 Å². The molecule has 0 radical (unpaired) electrons. The van der Waals surface area contributed by atoms with Crippen LogP contribution in [0.15, 0.2) is 42.7 Å². The molecule has 0 aliphatic carbocycles. The Labute approximate surface area is 86.6 Å². The molecule has 0 saturated heterocycles. The van der Waals surface area contributed by atoms with E-state index in [0.29, 0.717) is 11.4 Å². The fourth-order valence-corrected chi connectivity index (χ4v) is 1.44. The number of nitrogen functional groups attached to an aromatic ring is 1. The highest BCUT2D eigenvalue weighted by Gasteiger charge is 2.10. The third-order valence-corrected chi connectivity index (χ3v) is 2.13. The van der Waals surface area contributed by atoms with Crippen molar-refractivity contribution in [3.63, 3.8) is 0 Å². The van der Waals surface area contributed by atoms with Crippen LogP contribution in [0.2, 0.25) is 0 Å². The molecule has 0 amide bonds. The molecule has 0 aliphatic heterocycles. The quantitative estimate of drug-likeness (QED) is 0.729. The molecule has 4 nitrogen and oxygen atoms in total. The van der Waals surface area contributed by atoms with Crippen LogP contribution in [0.4, 0.5) is 5.69 Å². The molecule has 0 bridgehead atoms. The summed E-state index contributed by atoms with van der Waals surface area (Å²) in [6.45, 7) is 0. The molecule has 2 rings (SSSR count). The first-order valence-electron chi connectivity index (χ1n) is 4.44. The maximum Gasteiger partial charge on any atom is 0.337 e. The van der Waals surface area contributed by atoms with Gasteiger partial charge in [0.25, 0.3) is 0 Å². The molecular weight excluding hydrogens is 192 g/mol. The van der Waals surface area contributed by atoms with Crippen molar-refractivity contribution in [1.82, 2.24) is 4.57 Å². The van der Waals surface area contributed by atoms with Gasteiger partial charge >= 0.3 is 5.97 Å². The first kappa shape index (κ1) is 9.33. The molecule has 1 aromatic heterocycles. The minimum absolute atomic E-state index is 0.236. The summed E-state index contributed by atoms with van der Waals surface area (Å²) in [5.41, 5.74) is 6.99. The molecule has 2 aromatic rings. The van der Waals surface area contributed by atoms with Crippen molar-refractivity contribution in [2.45, 2.75) is 0 Å². The van der Waals surface area contributed by atoms with E-state index in [-0.39, 0.29) is 5.56 Å². The molecule has 0 atom stereocenters. The van der Waals surface area contributed by atoms with Gasteiger partial charge < -0.3 is 15.4 Å². The zero-order valence-corrected chi connectivity index (χ0v) is 7.92. The van der Waals surface area contributed by atoms with Gasteiger partial charge in [-0.1, -0.05) is 0 Å². The fourth-order valence-electron chi connectivity index (χ4n) is 1.44. The molecule has 1 aromatic carbocycles. The summed E-state index contributed by atoms with van der Waals surface area (Å²) in [6.07, 6.45) is 3.56. The average molecular weight is 202 g/mol. The number of nitrogens with zero attached hydrogens (tertiary/aromatic N) is 1. The fraction of sp³-hybridized carbons (Fsp3) is 0. The Kier molecular flexibility index (Phi) is 2.17. The molecular formula is C11H10N2O2. The second kappa shape index (κ2) is 3.49. The molecule has 15 heavy (non-hydrogen) atoms. The van der Waals surface area contributed by atoms with Gasteiger partial charge in [0.1, 0.15) is 0 Å². The second-order valence-corrected chi connectivity index (χ2v) is 3.17. The molecule has 0 fully saturated rings. The summed E-state index contributed by atoms with van der Waals surface area (Å²) in [7, 11) is 0. The van der Waals surface area contributed by atoms with Gasteiger partial charge in [0.2, 0.25) is 0 Å². The number of hydrogen-bond donors (Lipinski definition) is 2. The Morgan fingerprint density at radius 3 is 2.53 bits per heavy atom. The third kappa shape index (κ3) is 1.69. The Morgan fingerprint density at radius 2 is 1.93 bits per heavy atom. The highest BCUT2D eigenvalue weighted by atomic mass is 16.4. The molecule has 0 aliphatic rings. The number of aromatic nitrogens is 1. The molecule has 1 heterocycles. The lowest BCUT2D eigenvalue weighted by Gasteiger charge is -2.08. The largest absolute Gasteiger partial charge is 0.478 e. The predicted molar refractivity (Wildman–Crippen MR) is 57.1 cm³/mol. The lowest BCUT2D eigenvalue weighted by atomic mass is 10.1. The minimum Gasteiger partial charge on any atom is -0.478 e. The van der Waals surface area contributed by atoms with E-state index in [4.69, 9.17) is 10.8 Å². The number of anilines is 1. The highest BCUT2D eigenvalue weighted by molar-refractivity contribution is 5.92. The Morgan fingerprint density at radius 1 is 1.27 bits per heavy atom. The van der Waals surface area contributed by atoms with Gasteiger partial charge in [-0.05, 0) is 30.3 Å². The van der Waals surface area contributed by atoms with Crippen molar-refractivity contribution in [1.29, 1.82) is 0 Å². The number of hydrogen-bond acceptors (Lipinski definition) is 2. The smallest absolute Gasteiger partial charge is 0.337 e. The molecule has 0 spiro atoms. The van der Waals surface area contributed by atoms with Crippen LogP contribution >= 0.6 is 0 Å². The Hall–Kier alpha value is -2.23. The summed E-state index contributed by atoms with van der Waals surface area (Å²) < 4.78 is 1.72. The maximum absolute atomic E-state index is 11.0. The third-order valence-electron chi connectivity index (χ3n) is 2.13. The standard InChI is InChI=1S/C11H10N2O2/c12-8-3-4-9(11(14)15)10(7-8)13-5-1-2-6-13/h1-7H,12H2,(H,14,15). The van der Waals surface area contributed by atoms with Crippen LogP contribution in [-0.4, -0.2) is 15.6 Å². The summed E-state index contributed by atoms with van der Waals surface area (Å²) in [5, 5.41) is 9.00. The number of carboxylic acids is 1. The van der Waals surface area contributed by atoms with Crippen LogP contribution in [0.5, 0.6) is 0 Å². The van der Waals surface area contributed by atoms with E-state index >= 15 is 0 Å². The van der Waals surface area contributed by atoms with E-state index in [1.807, 2.05) is 12.1 Å². The number of aromatic carboxylic acids is 1. The van der Waals surface area contributed by atoms with E-state index in [1.165, 1.54) is 6.07 Å². The first-order valence-corrected chi connectivity index (χ1v) is 4.44. The lowest BCUT2D eigenvalue weighted by molar-refractivity contribution is 0.0697. The summed E-state index contributed by atoms with van der Waals surface area (Å²) in [5.74, 6) is -0.960. The zero-order chi connectivity index (χ0) is 10.8. The number of nitrogens with two attached hydrogens (primary N) is 1. The number of rotatable bonds is 2. The zero-order valence-electron chi connectivity index (χ0n) is 7.92. The van der Waals surface area contributed by atoms with Gasteiger partial charge in [-0.15, -0.1) is 0 Å². The number of benzene rings is 1. The van der Waals surface area contributed by atoms with Crippen LogP contribution in [-0.2, 0) is 0 Å². The number of carbonyl (C=O) groups is 1. The monoisotopic (exact) mass is 202 g/mol. The second-order valence-electron chi connectivity index (χ2n) is 3.17. The molecule has 4 heteroatoms. The van der Waals surface area contributed by atoms with Gasteiger partial charge in [0, 0.05) is 18.1 Å². The van der Waals surface area contributed by atoms with E-state index in [2.05, 4.69) is 0 Å². The lowest BCUT2D eigenvalue weighted by Crippen LogP contribution is -2.04. The minimum atomic E-state index is -0.960. The normalized spacial score (nSPS) is 10.1. The van der Waals surface area contributed by atoms with Gasteiger partial charge in [-0.25, -0.2) is 4.79 Å².